The summed E-state index contributed by atoms with van der Waals surface area (Å²) in [6.07, 6.45) is 10.1. The van der Waals surface area contributed by atoms with Gasteiger partial charge in [0.15, 0.2) is 0 Å². The highest BCUT2D eigenvalue weighted by molar-refractivity contribution is 4.93. The predicted molar refractivity (Wildman–Crippen MR) is 57.6 cm³/mol. The first kappa shape index (κ1) is 10.6. The van der Waals surface area contributed by atoms with Crippen molar-refractivity contribution in [2.24, 2.45) is 0 Å². The topological polar surface area (TPSA) is 50.9 Å². The molecule has 1 aliphatic rings. The van der Waals surface area contributed by atoms with Crippen molar-refractivity contribution in [1.82, 2.24) is 15.0 Å². The average molecular weight is 209 g/mol. The van der Waals surface area contributed by atoms with Gasteiger partial charge in [-0.1, -0.05) is 24.5 Å². The van der Waals surface area contributed by atoms with Crippen LogP contribution in [0.4, 0.5) is 0 Å². The summed E-state index contributed by atoms with van der Waals surface area (Å²) < 4.78 is 2.02. The van der Waals surface area contributed by atoms with Gasteiger partial charge in [0.1, 0.15) is 0 Å². The third-order valence-corrected chi connectivity index (χ3v) is 3.10. The summed E-state index contributed by atoms with van der Waals surface area (Å²) in [5.74, 6) is 0. The molecule has 1 saturated carbocycles. The molecule has 0 radical (unpaired) electrons. The van der Waals surface area contributed by atoms with Gasteiger partial charge in [-0.25, -0.2) is 4.68 Å². The molecule has 0 spiro atoms. The Balaban J connectivity index is 1.93. The smallest absolute Gasteiger partial charge is 0.0828 e. The second kappa shape index (κ2) is 5.26. The number of nitrogens with zero attached hydrogens (tertiary/aromatic N) is 3. The second-order valence-electron chi connectivity index (χ2n) is 4.31. The van der Waals surface area contributed by atoms with Gasteiger partial charge in [-0.05, 0) is 25.7 Å². The van der Waals surface area contributed by atoms with Gasteiger partial charge in [-0.2, -0.15) is 0 Å². The molecule has 1 aromatic heterocycles. The van der Waals surface area contributed by atoms with Gasteiger partial charge in [0, 0.05) is 12.8 Å². The zero-order valence-electron chi connectivity index (χ0n) is 9.10. The lowest BCUT2D eigenvalue weighted by Gasteiger charge is -2.20. The van der Waals surface area contributed by atoms with Crippen LogP contribution in [-0.2, 0) is 6.42 Å². The van der Waals surface area contributed by atoms with Crippen molar-refractivity contribution >= 4 is 0 Å². The zero-order valence-corrected chi connectivity index (χ0v) is 9.10. The van der Waals surface area contributed by atoms with Gasteiger partial charge in [0.2, 0.25) is 0 Å². The van der Waals surface area contributed by atoms with E-state index in [4.69, 9.17) is 5.11 Å². The van der Waals surface area contributed by atoms with Crippen LogP contribution in [0.1, 0.15) is 50.3 Å². The van der Waals surface area contributed by atoms with Gasteiger partial charge >= 0.3 is 0 Å². The SMILES string of the molecule is OCCCc1cn(C2CCCCC2)nn1. The van der Waals surface area contributed by atoms with E-state index >= 15 is 0 Å². The number of aliphatic hydroxyl groups excluding tert-OH is 1. The number of hydrogen-bond acceptors (Lipinski definition) is 3. The fourth-order valence-corrected chi connectivity index (χ4v) is 2.21. The summed E-state index contributed by atoms with van der Waals surface area (Å²) in [4.78, 5) is 0. The monoisotopic (exact) mass is 209 g/mol. The van der Waals surface area contributed by atoms with E-state index in [1.807, 2.05) is 10.9 Å². The summed E-state index contributed by atoms with van der Waals surface area (Å²) in [6, 6.07) is 0.564. The molecule has 0 unspecified atom stereocenters. The molecule has 1 fully saturated rings. The maximum absolute atomic E-state index is 8.73. The minimum atomic E-state index is 0.232. The van der Waals surface area contributed by atoms with E-state index in [0.29, 0.717) is 6.04 Å². The molecule has 1 aliphatic carbocycles. The van der Waals surface area contributed by atoms with E-state index < -0.39 is 0 Å². The molecule has 0 atom stereocenters. The normalized spacial score (nSPS) is 18.2. The van der Waals surface area contributed by atoms with Crippen molar-refractivity contribution in [3.63, 3.8) is 0 Å². The molecule has 0 bridgehead atoms. The summed E-state index contributed by atoms with van der Waals surface area (Å²) in [7, 11) is 0. The van der Waals surface area contributed by atoms with Crippen LogP contribution >= 0.6 is 0 Å². The number of hydrogen-bond donors (Lipinski definition) is 1. The minimum Gasteiger partial charge on any atom is -0.396 e. The maximum Gasteiger partial charge on any atom is 0.0828 e. The number of rotatable bonds is 4. The highest BCUT2D eigenvalue weighted by Gasteiger charge is 2.16. The van der Waals surface area contributed by atoms with Crippen molar-refractivity contribution in [2.75, 3.05) is 6.61 Å². The number of aryl methyl sites for hydroxylation is 1. The van der Waals surface area contributed by atoms with Crippen LogP contribution < -0.4 is 0 Å². The van der Waals surface area contributed by atoms with Gasteiger partial charge in [-0.3, -0.25) is 0 Å². The summed E-state index contributed by atoms with van der Waals surface area (Å²) in [5.41, 5.74) is 1.01. The first-order valence-electron chi connectivity index (χ1n) is 5.91. The lowest BCUT2D eigenvalue weighted by atomic mass is 9.96. The molecule has 15 heavy (non-hydrogen) atoms. The summed E-state index contributed by atoms with van der Waals surface area (Å²) in [5, 5.41) is 17.0. The Bertz CT molecular complexity index is 292. The van der Waals surface area contributed by atoms with Gasteiger partial charge in [0.25, 0.3) is 0 Å². The van der Waals surface area contributed by atoms with E-state index in [2.05, 4.69) is 10.3 Å². The third kappa shape index (κ3) is 2.78. The van der Waals surface area contributed by atoms with Crippen LogP contribution in [0, 0.1) is 0 Å². The Morgan fingerprint density at radius 3 is 2.87 bits per heavy atom. The van der Waals surface area contributed by atoms with Gasteiger partial charge < -0.3 is 5.11 Å². The average Bonchev–Trinajstić information content (AvgIpc) is 2.76. The Kier molecular flexibility index (Phi) is 3.72. The Morgan fingerprint density at radius 2 is 2.13 bits per heavy atom. The Morgan fingerprint density at radius 1 is 1.33 bits per heavy atom. The first-order chi connectivity index (χ1) is 7.40. The molecule has 1 aromatic rings. The molecule has 4 heteroatoms. The van der Waals surface area contributed by atoms with Gasteiger partial charge in [0.05, 0.1) is 11.7 Å². The van der Waals surface area contributed by atoms with Crippen molar-refractivity contribution in [3.8, 4) is 0 Å². The highest BCUT2D eigenvalue weighted by atomic mass is 16.2. The van der Waals surface area contributed by atoms with Crippen LogP contribution in [0.5, 0.6) is 0 Å². The predicted octanol–water partition coefficient (Wildman–Crippen LogP) is 1.71. The minimum absolute atomic E-state index is 0.232. The largest absolute Gasteiger partial charge is 0.396 e. The fourth-order valence-electron chi connectivity index (χ4n) is 2.21. The molecule has 84 valence electrons. The lowest BCUT2D eigenvalue weighted by Crippen LogP contribution is -2.13. The molecule has 2 rings (SSSR count). The first-order valence-corrected chi connectivity index (χ1v) is 5.91. The van der Waals surface area contributed by atoms with Crippen LogP contribution in [0.15, 0.2) is 6.20 Å². The summed E-state index contributed by atoms with van der Waals surface area (Å²) >= 11 is 0. The molecule has 1 N–H and O–H groups in total. The van der Waals surface area contributed by atoms with Crippen molar-refractivity contribution in [3.05, 3.63) is 11.9 Å². The van der Waals surface area contributed by atoms with Crippen LogP contribution in [0.25, 0.3) is 0 Å². The Hall–Kier alpha value is -0.900. The maximum atomic E-state index is 8.73. The van der Waals surface area contributed by atoms with Crippen molar-refractivity contribution in [1.29, 1.82) is 0 Å². The number of aliphatic hydroxyl groups is 1. The molecule has 0 amide bonds. The molecular formula is C11H19N3O. The van der Waals surface area contributed by atoms with Crippen LogP contribution in [-0.4, -0.2) is 26.7 Å². The molecule has 0 saturated heterocycles. The van der Waals surface area contributed by atoms with E-state index in [9.17, 15) is 0 Å². The van der Waals surface area contributed by atoms with E-state index in [1.165, 1.54) is 32.1 Å². The fraction of sp³-hybridized carbons (Fsp3) is 0.818. The quantitative estimate of drug-likeness (QED) is 0.821. The molecule has 1 heterocycles. The Labute approximate surface area is 90.3 Å². The zero-order chi connectivity index (χ0) is 10.5. The van der Waals surface area contributed by atoms with Crippen molar-refractivity contribution < 1.29 is 5.11 Å². The molecular weight excluding hydrogens is 190 g/mol. The lowest BCUT2D eigenvalue weighted by molar-refractivity contribution is 0.288. The van der Waals surface area contributed by atoms with E-state index in [1.54, 1.807) is 0 Å². The standard InChI is InChI=1S/C11H19N3O/c15-8-4-5-10-9-14(13-12-10)11-6-2-1-3-7-11/h9,11,15H,1-8H2. The van der Waals surface area contributed by atoms with E-state index in [-0.39, 0.29) is 6.61 Å². The van der Waals surface area contributed by atoms with Crippen molar-refractivity contribution in [2.45, 2.75) is 51.0 Å². The molecule has 0 aliphatic heterocycles. The number of aromatic nitrogens is 3. The highest BCUT2D eigenvalue weighted by Crippen LogP contribution is 2.27. The van der Waals surface area contributed by atoms with Crippen LogP contribution in [0.3, 0.4) is 0 Å². The molecule has 4 nitrogen and oxygen atoms in total. The van der Waals surface area contributed by atoms with Gasteiger partial charge in [-0.15, -0.1) is 5.10 Å². The van der Waals surface area contributed by atoms with Crippen LogP contribution in [0.2, 0.25) is 0 Å². The second-order valence-corrected chi connectivity index (χ2v) is 4.31. The molecule has 0 aromatic carbocycles. The third-order valence-electron chi connectivity index (χ3n) is 3.10. The van der Waals surface area contributed by atoms with E-state index in [0.717, 1.165) is 18.5 Å². The summed E-state index contributed by atoms with van der Waals surface area (Å²) in [6.45, 7) is 0.232.